The highest BCUT2D eigenvalue weighted by atomic mass is 15.1. The van der Waals surface area contributed by atoms with Crippen LogP contribution in [0.15, 0.2) is 79.8 Å². The standard InChI is InChI=1S/C25H26N8/c1-6-7-24(33-13-15(2)29-14-33)16(3)17(4)30-18(5)25-21-9-22(28-12-23(21)31-32-25)19-8-20(26)11-27-10-19/h6-14,30H,1,5,26H2,2-4H3,(H,31,32)/b17-16+,24-7+. The number of allylic oxidation sites excluding steroid dienone is 5. The maximum atomic E-state index is 5.88. The lowest BCUT2D eigenvalue weighted by Crippen LogP contribution is -2.12. The number of nitrogens with one attached hydrogen (secondary N) is 2. The van der Waals surface area contributed by atoms with Crippen molar-refractivity contribution in [1.29, 1.82) is 0 Å². The molecule has 33 heavy (non-hydrogen) atoms. The molecule has 4 N–H and O–H groups in total. The lowest BCUT2D eigenvalue weighted by atomic mass is 10.1. The number of nitrogen functional groups attached to an aromatic ring is 1. The zero-order chi connectivity index (χ0) is 23.5. The molecule has 0 fully saturated rings. The molecule has 0 unspecified atom stereocenters. The molecule has 0 spiro atoms. The number of H-pyrrole nitrogens is 1. The number of rotatable bonds is 7. The minimum atomic E-state index is 0.584. The summed E-state index contributed by atoms with van der Waals surface area (Å²) in [6, 6.07) is 3.80. The van der Waals surface area contributed by atoms with Crippen molar-refractivity contribution in [2.75, 3.05) is 5.73 Å². The van der Waals surface area contributed by atoms with Gasteiger partial charge >= 0.3 is 0 Å². The van der Waals surface area contributed by atoms with Gasteiger partial charge in [-0.25, -0.2) is 4.98 Å². The molecule has 0 aliphatic rings. The molecule has 4 heterocycles. The summed E-state index contributed by atoms with van der Waals surface area (Å²) in [4.78, 5) is 13.0. The number of hydrogen-bond donors (Lipinski definition) is 3. The van der Waals surface area contributed by atoms with Gasteiger partial charge < -0.3 is 15.6 Å². The molecular formula is C25H26N8. The normalized spacial score (nSPS) is 12.5. The zero-order valence-corrected chi connectivity index (χ0v) is 18.9. The van der Waals surface area contributed by atoms with Gasteiger partial charge in [-0.05, 0) is 44.6 Å². The molecular weight excluding hydrogens is 412 g/mol. The number of aromatic nitrogens is 6. The summed E-state index contributed by atoms with van der Waals surface area (Å²) >= 11 is 0. The minimum absolute atomic E-state index is 0.584. The molecule has 4 rings (SSSR count). The molecule has 166 valence electrons. The predicted molar refractivity (Wildman–Crippen MR) is 134 cm³/mol. The van der Waals surface area contributed by atoms with E-state index in [9.17, 15) is 0 Å². The predicted octanol–water partition coefficient (Wildman–Crippen LogP) is 4.69. The quantitative estimate of drug-likeness (QED) is 0.361. The fourth-order valence-corrected chi connectivity index (χ4v) is 3.54. The van der Waals surface area contributed by atoms with E-state index in [4.69, 9.17) is 5.73 Å². The first-order chi connectivity index (χ1) is 15.9. The van der Waals surface area contributed by atoms with Crippen LogP contribution in [0.25, 0.3) is 33.6 Å². The van der Waals surface area contributed by atoms with E-state index < -0.39 is 0 Å². The van der Waals surface area contributed by atoms with Gasteiger partial charge in [-0.1, -0.05) is 19.2 Å². The van der Waals surface area contributed by atoms with Gasteiger partial charge in [0.25, 0.3) is 0 Å². The monoisotopic (exact) mass is 438 g/mol. The highest BCUT2D eigenvalue weighted by Crippen LogP contribution is 2.27. The van der Waals surface area contributed by atoms with Crippen LogP contribution in [0.4, 0.5) is 5.69 Å². The molecule has 0 amide bonds. The Balaban J connectivity index is 1.66. The number of nitrogens with two attached hydrogens (primary N) is 1. The van der Waals surface area contributed by atoms with E-state index in [-0.39, 0.29) is 0 Å². The second kappa shape index (κ2) is 8.96. The Morgan fingerprint density at radius 2 is 2.00 bits per heavy atom. The Hall–Kier alpha value is -4.46. The number of fused-ring (bicyclic) bond motifs is 1. The summed E-state index contributed by atoms with van der Waals surface area (Å²) in [7, 11) is 0. The molecule has 0 aliphatic carbocycles. The first-order valence-electron chi connectivity index (χ1n) is 10.4. The van der Waals surface area contributed by atoms with Crippen molar-refractivity contribution in [3.05, 3.63) is 91.2 Å². The van der Waals surface area contributed by atoms with Crippen LogP contribution in [-0.4, -0.2) is 29.7 Å². The molecule has 0 aliphatic heterocycles. The average molecular weight is 439 g/mol. The van der Waals surface area contributed by atoms with Crippen LogP contribution in [0.1, 0.15) is 25.2 Å². The Morgan fingerprint density at radius 3 is 2.70 bits per heavy atom. The number of pyridine rings is 2. The van der Waals surface area contributed by atoms with Crippen LogP contribution in [0.2, 0.25) is 0 Å². The van der Waals surface area contributed by atoms with Gasteiger partial charge in [-0.2, -0.15) is 5.10 Å². The van der Waals surface area contributed by atoms with E-state index in [0.29, 0.717) is 17.1 Å². The Labute approximate surface area is 192 Å². The fraction of sp³-hybridized carbons (Fsp3) is 0.120. The van der Waals surface area contributed by atoms with E-state index in [0.717, 1.165) is 44.8 Å². The van der Waals surface area contributed by atoms with E-state index in [1.165, 1.54) is 0 Å². The average Bonchev–Trinajstić information content (AvgIpc) is 3.42. The smallest absolute Gasteiger partial charge is 0.116 e. The van der Waals surface area contributed by atoms with Gasteiger partial charge in [0.15, 0.2) is 0 Å². The third-order valence-corrected chi connectivity index (χ3v) is 5.34. The Bertz CT molecular complexity index is 1420. The van der Waals surface area contributed by atoms with E-state index in [1.807, 2.05) is 49.7 Å². The van der Waals surface area contributed by atoms with Gasteiger partial charge in [0, 0.05) is 35.2 Å². The van der Waals surface area contributed by atoms with Crippen LogP contribution >= 0.6 is 0 Å². The summed E-state index contributed by atoms with van der Waals surface area (Å²) in [6.45, 7) is 14.1. The third-order valence-electron chi connectivity index (χ3n) is 5.34. The van der Waals surface area contributed by atoms with Crippen LogP contribution in [-0.2, 0) is 0 Å². The second-order valence-corrected chi connectivity index (χ2v) is 7.76. The number of hydrogen-bond acceptors (Lipinski definition) is 6. The number of aromatic amines is 1. The van der Waals surface area contributed by atoms with Gasteiger partial charge in [0.2, 0.25) is 0 Å². The third kappa shape index (κ3) is 4.45. The molecule has 0 aromatic carbocycles. The van der Waals surface area contributed by atoms with Crippen molar-refractivity contribution in [2.24, 2.45) is 0 Å². The molecule has 8 nitrogen and oxygen atoms in total. The van der Waals surface area contributed by atoms with E-state index in [2.05, 4.69) is 43.6 Å². The van der Waals surface area contributed by atoms with Crippen molar-refractivity contribution < 1.29 is 0 Å². The summed E-state index contributed by atoms with van der Waals surface area (Å²) in [5.74, 6) is 0. The van der Waals surface area contributed by atoms with Gasteiger partial charge in [0.1, 0.15) is 5.69 Å². The SMILES string of the molecule is C=C/C=C(\C(C)=C(/C)NC(=C)c1n[nH]c2cnc(-c3cncc(N)c3)cc12)n1cnc(C)c1. The molecule has 4 aromatic heterocycles. The number of aryl methyl sites for hydroxylation is 1. The van der Waals surface area contributed by atoms with Crippen LogP contribution < -0.4 is 11.1 Å². The first kappa shape index (κ1) is 21.8. The Kier molecular flexibility index (Phi) is 5.91. The summed E-state index contributed by atoms with van der Waals surface area (Å²) in [5, 5.41) is 11.8. The molecule has 0 saturated carbocycles. The van der Waals surface area contributed by atoms with Crippen LogP contribution in [0, 0.1) is 6.92 Å². The van der Waals surface area contributed by atoms with Crippen LogP contribution in [0.3, 0.4) is 0 Å². The number of nitrogens with zero attached hydrogens (tertiary/aromatic N) is 5. The topological polar surface area (TPSA) is 110 Å². The fourth-order valence-electron chi connectivity index (χ4n) is 3.54. The van der Waals surface area contributed by atoms with Crippen molar-refractivity contribution >= 4 is 28.0 Å². The Morgan fingerprint density at radius 1 is 1.18 bits per heavy atom. The summed E-state index contributed by atoms with van der Waals surface area (Å²) < 4.78 is 1.97. The minimum Gasteiger partial charge on any atom is -0.397 e. The molecule has 0 radical (unpaired) electrons. The lowest BCUT2D eigenvalue weighted by Gasteiger charge is -2.15. The maximum Gasteiger partial charge on any atom is 0.116 e. The maximum absolute atomic E-state index is 5.88. The summed E-state index contributed by atoms with van der Waals surface area (Å²) in [5.41, 5.74) is 14.1. The van der Waals surface area contributed by atoms with Gasteiger partial charge in [-0.15, -0.1) is 0 Å². The lowest BCUT2D eigenvalue weighted by molar-refractivity contribution is 0.999. The van der Waals surface area contributed by atoms with Crippen LogP contribution in [0.5, 0.6) is 0 Å². The van der Waals surface area contributed by atoms with Gasteiger partial charge in [0.05, 0.1) is 46.5 Å². The van der Waals surface area contributed by atoms with Crippen molar-refractivity contribution in [1.82, 2.24) is 35.0 Å². The molecule has 8 heteroatoms. The van der Waals surface area contributed by atoms with Crippen molar-refractivity contribution in [2.45, 2.75) is 20.8 Å². The zero-order valence-electron chi connectivity index (χ0n) is 18.9. The van der Waals surface area contributed by atoms with Gasteiger partial charge in [-0.3, -0.25) is 15.1 Å². The highest BCUT2D eigenvalue weighted by molar-refractivity contribution is 5.91. The number of imidazole rings is 1. The number of anilines is 1. The van der Waals surface area contributed by atoms with Crippen molar-refractivity contribution in [3.8, 4) is 11.3 Å². The second-order valence-electron chi connectivity index (χ2n) is 7.76. The molecule has 4 aromatic rings. The molecule has 0 atom stereocenters. The first-order valence-corrected chi connectivity index (χ1v) is 10.4. The van der Waals surface area contributed by atoms with E-state index in [1.54, 1.807) is 31.0 Å². The van der Waals surface area contributed by atoms with Crippen molar-refractivity contribution in [3.63, 3.8) is 0 Å². The largest absolute Gasteiger partial charge is 0.397 e. The highest BCUT2D eigenvalue weighted by Gasteiger charge is 2.14. The van der Waals surface area contributed by atoms with E-state index >= 15 is 0 Å². The molecule has 0 bridgehead atoms. The summed E-state index contributed by atoms with van der Waals surface area (Å²) in [6.07, 6.45) is 12.6. The molecule has 0 saturated heterocycles.